The van der Waals surface area contributed by atoms with Gasteiger partial charge in [0.05, 0.1) is 12.6 Å². The lowest BCUT2D eigenvalue weighted by Gasteiger charge is -2.21. The molecule has 3 N–H and O–H groups in total. The number of aryl methyl sites for hydroxylation is 1. The van der Waals surface area contributed by atoms with Gasteiger partial charge in [-0.15, -0.1) is 0 Å². The molecule has 1 aromatic rings. The Morgan fingerprint density at radius 2 is 2.39 bits per heavy atom. The summed E-state index contributed by atoms with van der Waals surface area (Å²) >= 11 is 0. The van der Waals surface area contributed by atoms with Crippen molar-refractivity contribution >= 4 is 5.82 Å². The summed E-state index contributed by atoms with van der Waals surface area (Å²) in [5.74, 6) is 6.86. The molecule has 0 radical (unpaired) electrons. The number of hydrogen-bond acceptors (Lipinski definition) is 6. The Morgan fingerprint density at radius 3 is 3.17 bits per heavy atom. The van der Waals surface area contributed by atoms with Crippen LogP contribution in [-0.4, -0.2) is 40.7 Å². The van der Waals surface area contributed by atoms with Gasteiger partial charge in [-0.3, -0.25) is 4.90 Å². The van der Waals surface area contributed by atoms with E-state index >= 15 is 0 Å². The number of hydrogen-bond donors (Lipinski definition) is 2. The van der Waals surface area contributed by atoms with Crippen molar-refractivity contribution in [1.82, 2.24) is 14.9 Å². The molecule has 0 spiro atoms. The van der Waals surface area contributed by atoms with E-state index in [2.05, 4.69) is 27.2 Å². The molecule has 18 heavy (non-hydrogen) atoms. The van der Waals surface area contributed by atoms with Crippen LogP contribution in [-0.2, 0) is 11.3 Å². The highest BCUT2D eigenvalue weighted by Gasteiger charge is 2.16. The highest BCUT2D eigenvalue weighted by Crippen LogP contribution is 2.10. The zero-order valence-electron chi connectivity index (χ0n) is 11.0. The van der Waals surface area contributed by atoms with E-state index in [-0.39, 0.29) is 6.10 Å². The predicted molar refractivity (Wildman–Crippen MR) is 69.9 cm³/mol. The second kappa shape index (κ2) is 6.08. The van der Waals surface area contributed by atoms with Crippen molar-refractivity contribution < 1.29 is 4.74 Å². The number of nitrogens with zero attached hydrogens (tertiary/aromatic N) is 3. The van der Waals surface area contributed by atoms with Crippen molar-refractivity contribution in [1.29, 1.82) is 0 Å². The van der Waals surface area contributed by atoms with Crippen LogP contribution in [0.15, 0.2) is 6.07 Å². The maximum Gasteiger partial charge on any atom is 0.145 e. The van der Waals surface area contributed by atoms with E-state index in [4.69, 9.17) is 10.6 Å². The van der Waals surface area contributed by atoms with Crippen LogP contribution in [0, 0.1) is 6.92 Å². The first-order chi connectivity index (χ1) is 8.67. The molecule has 1 aliphatic rings. The third-order valence-corrected chi connectivity index (χ3v) is 2.95. The Labute approximate surface area is 108 Å². The van der Waals surface area contributed by atoms with Crippen LogP contribution in [0.4, 0.5) is 5.82 Å². The number of rotatable bonds is 3. The summed E-state index contributed by atoms with van der Waals surface area (Å²) in [6, 6.07) is 1.83. The Hall–Kier alpha value is -1.24. The molecular weight excluding hydrogens is 230 g/mol. The van der Waals surface area contributed by atoms with Crippen LogP contribution >= 0.6 is 0 Å². The Kier molecular flexibility index (Phi) is 4.46. The number of aromatic nitrogens is 2. The van der Waals surface area contributed by atoms with Crippen molar-refractivity contribution in [3.05, 3.63) is 17.6 Å². The summed E-state index contributed by atoms with van der Waals surface area (Å²) in [5.41, 5.74) is 3.50. The predicted octanol–water partition coefficient (Wildman–Crippen LogP) is 0.681. The molecule has 6 nitrogen and oxygen atoms in total. The normalized spacial score (nSPS) is 21.6. The van der Waals surface area contributed by atoms with E-state index in [9.17, 15) is 0 Å². The molecule has 2 heterocycles. The Bertz CT molecular complexity index is 398. The average Bonchev–Trinajstić information content (AvgIpc) is 2.52. The fourth-order valence-electron chi connectivity index (χ4n) is 2.20. The van der Waals surface area contributed by atoms with Crippen LogP contribution in [0.5, 0.6) is 0 Å². The maximum atomic E-state index is 5.62. The maximum absolute atomic E-state index is 5.62. The van der Waals surface area contributed by atoms with Crippen molar-refractivity contribution in [2.24, 2.45) is 5.84 Å². The Balaban J connectivity index is 2.05. The lowest BCUT2D eigenvalue weighted by molar-refractivity contribution is 0.0664. The summed E-state index contributed by atoms with van der Waals surface area (Å²) < 4.78 is 5.62. The van der Waals surface area contributed by atoms with Gasteiger partial charge in [-0.2, -0.15) is 0 Å². The third kappa shape index (κ3) is 3.63. The summed E-state index contributed by atoms with van der Waals surface area (Å²) in [7, 11) is 0. The number of hydrazine groups is 1. The smallest absolute Gasteiger partial charge is 0.145 e. The Morgan fingerprint density at radius 1 is 1.56 bits per heavy atom. The van der Waals surface area contributed by atoms with Crippen LogP contribution in [0.3, 0.4) is 0 Å². The van der Waals surface area contributed by atoms with Crippen molar-refractivity contribution in [3.8, 4) is 0 Å². The molecule has 2 rings (SSSR count). The molecule has 100 valence electrons. The standard InChI is InChI=1S/C12H21N5O/c1-9-6-11(16-13)15-12(14-9)8-17-4-3-5-18-10(2)7-17/h6,10H,3-5,7-8,13H2,1-2H3,(H,14,15,16). The average molecular weight is 251 g/mol. The molecule has 0 bridgehead atoms. The fourth-order valence-corrected chi connectivity index (χ4v) is 2.20. The van der Waals surface area contributed by atoms with Crippen molar-refractivity contribution in [2.45, 2.75) is 32.9 Å². The molecule has 1 fully saturated rings. The first kappa shape index (κ1) is 13.2. The number of ether oxygens (including phenoxy) is 1. The molecule has 1 saturated heterocycles. The highest BCUT2D eigenvalue weighted by molar-refractivity contribution is 5.33. The molecule has 0 aliphatic carbocycles. The van der Waals surface area contributed by atoms with E-state index in [1.807, 2.05) is 13.0 Å². The molecule has 1 unspecified atom stereocenters. The molecule has 0 aromatic carbocycles. The van der Waals surface area contributed by atoms with E-state index in [0.29, 0.717) is 5.82 Å². The minimum atomic E-state index is 0.268. The van der Waals surface area contributed by atoms with Gasteiger partial charge in [-0.1, -0.05) is 0 Å². The van der Waals surface area contributed by atoms with E-state index in [1.165, 1.54) is 0 Å². The molecule has 6 heteroatoms. The molecule has 1 aliphatic heterocycles. The number of nitrogens with one attached hydrogen (secondary N) is 1. The minimum absolute atomic E-state index is 0.268. The lowest BCUT2D eigenvalue weighted by atomic mass is 10.3. The van der Waals surface area contributed by atoms with E-state index in [1.54, 1.807) is 0 Å². The molecule has 0 amide bonds. The van der Waals surface area contributed by atoms with E-state index < -0.39 is 0 Å². The topological polar surface area (TPSA) is 76.3 Å². The summed E-state index contributed by atoms with van der Waals surface area (Å²) in [6.45, 7) is 7.56. The summed E-state index contributed by atoms with van der Waals surface area (Å²) in [4.78, 5) is 11.1. The largest absolute Gasteiger partial charge is 0.377 e. The van der Waals surface area contributed by atoms with Crippen molar-refractivity contribution in [3.63, 3.8) is 0 Å². The SMILES string of the molecule is Cc1cc(NN)nc(CN2CCCOC(C)C2)n1. The third-order valence-electron chi connectivity index (χ3n) is 2.95. The number of nitrogen functional groups attached to an aromatic ring is 1. The minimum Gasteiger partial charge on any atom is -0.377 e. The number of nitrogens with two attached hydrogens (primary N) is 1. The van der Waals surface area contributed by atoms with Crippen LogP contribution in [0.25, 0.3) is 0 Å². The van der Waals surface area contributed by atoms with Gasteiger partial charge in [0.15, 0.2) is 0 Å². The van der Waals surface area contributed by atoms with Crippen LogP contribution < -0.4 is 11.3 Å². The van der Waals surface area contributed by atoms with Gasteiger partial charge >= 0.3 is 0 Å². The second-order valence-corrected chi connectivity index (χ2v) is 4.73. The molecule has 1 aromatic heterocycles. The van der Waals surface area contributed by atoms with Gasteiger partial charge in [0.1, 0.15) is 11.6 Å². The van der Waals surface area contributed by atoms with Crippen LogP contribution in [0.2, 0.25) is 0 Å². The number of anilines is 1. The van der Waals surface area contributed by atoms with Crippen LogP contribution in [0.1, 0.15) is 24.9 Å². The van der Waals surface area contributed by atoms with Gasteiger partial charge in [-0.05, 0) is 20.3 Å². The first-order valence-electron chi connectivity index (χ1n) is 6.32. The lowest BCUT2D eigenvalue weighted by Crippen LogP contribution is -2.30. The highest BCUT2D eigenvalue weighted by atomic mass is 16.5. The van der Waals surface area contributed by atoms with Gasteiger partial charge in [0.2, 0.25) is 0 Å². The van der Waals surface area contributed by atoms with Crippen molar-refractivity contribution in [2.75, 3.05) is 25.1 Å². The molecule has 1 atom stereocenters. The van der Waals surface area contributed by atoms with Gasteiger partial charge < -0.3 is 10.2 Å². The second-order valence-electron chi connectivity index (χ2n) is 4.73. The fraction of sp³-hybridized carbons (Fsp3) is 0.667. The summed E-state index contributed by atoms with van der Waals surface area (Å²) in [5, 5.41) is 0. The van der Waals surface area contributed by atoms with Gasteiger partial charge in [0, 0.05) is 31.5 Å². The quantitative estimate of drug-likeness (QED) is 0.608. The van der Waals surface area contributed by atoms with Gasteiger partial charge in [-0.25, -0.2) is 15.8 Å². The summed E-state index contributed by atoms with van der Waals surface area (Å²) in [6.07, 6.45) is 1.32. The monoisotopic (exact) mass is 251 g/mol. The zero-order chi connectivity index (χ0) is 13.0. The first-order valence-corrected chi connectivity index (χ1v) is 6.32. The zero-order valence-corrected chi connectivity index (χ0v) is 11.0. The van der Waals surface area contributed by atoms with E-state index in [0.717, 1.165) is 44.2 Å². The molecular formula is C12H21N5O. The van der Waals surface area contributed by atoms with Gasteiger partial charge in [0.25, 0.3) is 0 Å². The molecule has 0 saturated carbocycles.